The minimum absolute atomic E-state index is 0.246. The Hall–Kier alpha value is -1.82. The number of anilines is 1. The number of rotatable bonds is 4. The van der Waals surface area contributed by atoms with E-state index in [2.05, 4.69) is 20.5 Å². The first kappa shape index (κ1) is 12.6. The van der Waals surface area contributed by atoms with E-state index in [1.165, 1.54) is 11.3 Å². The van der Waals surface area contributed by atoms with Crippen LogP contribution in [-0.4, -0.2) is 21.1 Å². The fourth-order valence-electron chi connectivity index (χ4n) is 1.43. The monoisotopic (exact) mass is 262 g/mol. The van der Waals surface area contributed by atoms with E-state index in [1.54, 1.807) is 12.3 Å². The summed E-state index contributed by atoms with van der Waals surface area (Å²) in [4.78, 5) is 16.0. The highest BCUT2D eigenvalue weighted by molar-refractivity contribution is 7.15. The molecule has 0 aliphatic rings. The molecular formula is C12H14N4OS. The van der Waals surface area contributed by atoms with Gasteiger partial charge in [0.2, 0.25) is 5.13 Å². The number of aryl methyl sites for hydroxylation is 2. The van der Waals surface area contributed by atoms with Gasteiger partial charge in [-0.3, -0.25) is 15.1 Å². The smallest absolute Gasteiger partial charge is 0.276 e. The standard InChI is InChI=1S/C12H14N4OS/c1-3-8-5-6-13-9(7-8)11(17)14-12-16-15-10(4-2)18-12/h5-7H,3-4H2,1-2H3,(H,14,16,17). The molecule has 2 heterocycles. The zero-order valence-corrected chi connectivity index (χ0v) is 11.1. The maximum atomic E-state index is 11.9. The van der Waals surface area contributed by atoms with Crippen molar-refractivity contribution < 1.29 is 4.79 Å². The van der Waals surface area contributed by atoms with Crippen LogP contribution in [0.25, 0.3) is 0 Å². The summed E-state index contributed by atoms with van der Waals surface area (Å²) in [6.07, 6.45) is 3.34. The average molecular weight is 262 g/mol. The van der Waals surface area contributed by atoms with Gasteiger partial charge in [-0.2, -0.15) is 0 Å². The summed E-state index contributed by atoms with van der Waals surface area (Å²) in [6.45, 7) is 4.04. The third-order valence-corrected chi connectivity index (χ3v) is 3.44. The van der Waals surface area contributed by atoms with Gasteiger partial charge in [0.15, 0.2) is 0 Å². The number of hydrogen-bond donors (Lipinski definition) is 1. The van der Waals surface area contributed by atoms with Gasteiger partial charge in [0.05, 0.1) is 0 Å². The molecule has 0 bridgehead atoms. The Morgan fingerprint density at radius 3 is 2.83 bits per heavy atom. The largest absolute Gasteiger partial charge is 0.295 e. The minimum Gasteiger partial charge on any atom is -0.295 e. The Morgan fingerprint density at radius 1 is 1.33 bits per heavy atom. The van der Waals surface area contributed by atoms with E-state index in [4.69, 9.17) is 0 Å². The van der Waals surface area contributed by atoms with Crippen LogP contribution in [0, 0.1) is 0 Å². The molecule has 0 saturated heterocycles. The highest BCUT2D eigenvalue weighted by Crippen LogP contribution is 2.16. The number of carbonyl (C=O) groups excluding carboxylic acids is 1. The first-order valence-corrected chi connectivity index (χ1v) is 6.63. The summed E-state index contributed by atoms with van der Waals surface area (Å²) in [7, 11) is 0. The van der Waals surface area contributed by atoms with Gasteiger partial charge in [-0.25, -0.2) is 0 Å². The van der Waals surface area contributed by atoms with E-state index in [-0.39, 0.29) is 5.91 Å². The minimum atomic E-state index is -0.246. The zero-order valence-electron chi connectivity index (χ0n) is 10.3. The molecule has 5 nitrogen and oxygen atoms in total. The Kier molecular flexibility index (Phi) is 3.99. The van der Waals surface area contributed by atoms with Crippen molar-refractivity contribution >= 4 is 22.4 Å². The molecule has 0 atom stereocenters. The summed E-state index contributed by atoms with van der Waals surface area (Å²) in [5.41, 5.74) is 1.49. The van der Waals surface area contributed by atoms with E-state index in [1.807, 2.05) is 19.9 Å². The third kappa shape index (κ3) is 2.89. The Labute approximate surface area is 109 Å². The summed E-state index contributed by atoms with van der Waals surface area (Å²) in [6, 6.07) is 3.69. The maximum absolute atomic E-state index is 11.9. The second-order valence-corrected chi connectivity index (χ2v) is 4.77. The van der Waals surface area contributed by atoms with Crippen molar-refractivity contribution in [2.45, 2.75) is 26.7 Å². The number of nitrogens with one attached hydrogen (secondary N) is 1. The number of carbonyl (C=O) groups is 1. The van der Waals surface area contributed by atoms with Crippen LogP contribution < -0.4 is 5.32 Å². The van der Waals surface area contributed by atoms with Crippen molar-refractivity contribution in [1.29, 1.82) is 0 Å². The van der Waals surface area contributed by atoms with Crippen LogP contribution in [0.4, 0.5) is 5.13 Å². The first-order chi connectivity index (χ1) is 8.72. The van der Waals surface area contributed by atoms with Gasteiger partial charge in [0.1, 0.15) is 10.7 Å². The van der Waals surface area contributed by atoms with Gasteiger partial charge in [-0.15, -0.1) is 10.2 Å². The van der Waals surface area contributed by atoms with Gasteiger partial charge >= 0.3 is 0 Å². The first-order valence-electron chi connectivity index (χ1n) is 5.81. The molecule has 2 rings (SSSR count). The van der Waals surface area contributed by atoms with Crippen LogP contribution in [0.15, 0.2) is 18.3 Å². The molecule has 0 aliphatic carbocycles. The summed E-state index contributed by atoms with van der Waals surface area (Å²) < 4.78 is 0. The lowest BCUT2D eigenvalue weighted by Gasteiger charge is -2.02. The van der Waals surface area contributed by atoms with Crippen molar-refractivity contribution in [2.24, 2.45) is 0 Å². The Bertz CT molecular complexity index is 553. The van der Waals surface area contributed by atoms with Crippen molar-refractivity contribution in [1.82, 2.24) is 15.2 Å². The molecule has 0 radical (unpaired) electrons. The van der Waals surface area contributed by atoms with Crippen LogP contribution in [0.2, 0.25) is 0 Å². The SMILES string of the molecule is CCc1ccnc(C(=O)Nc2nnc(CC)s2)c1. The number of pyridine rings is 1. The van der Waals surface area contributed by atoms with Gasteiger partial charge < -0.3 is 0 Å². The van der Waals surface area contributed by atoms with Crippen molar-refractivity contribution in [3.8, 4) is 0 Å². The van der Waals surface area contributed by atoms with Crippen molar-refractivity contribution in [2.75, 3.05) is 5.32 Å². The number of nitrogens with zero attached hydrogens (tertiary/aromatic N) is 3. The molecule has 0 fully saturated rings. The third-order valence-electron chi connectivity index (χ3n) is 2.45. The van der Waals surface area contributed by atoms with E-state index in [9.17, 15) is 4.79 Å². The molecule has 2 aromatic rings. The molecule has 1 N–H and O–H groups in total. The van der Waals surface area contributed by atoms with E-state index in [0.29, 0.717) is 10.8 Å². The van der Waals surface area contributed by atoms with E-state index < -0.39 is 0 Å². The molecule has 0 aliphatic heterocycles. The number of aromatic nitrogens is 3. The van der Waals surface area contributed by atoms with Gasteiger partial charge in [-0.1, -0.05) is 25.2 Å². The quantitative estimate of drug-likeness (QED) is 0.918. The van der Waals surface area contributed by atoms with Crippen LogP contribution in [0.3, 0.4) is 0 Å². The van der Waals surface area contributed by atoms with Gasteiger partial charge in [0.25, 0.3) is 5.91 Å². The second-order valence-electron chi connectivity index (χ2n) is 3.71. The molecule has 94 valence electrons. The summed E-state index contributed by atoms with van der Waals surface area (Å²) >= 11 is 1.38. The molecule has 0 unspecified atom stereocenters. The number of amides is 1. The number of hydrogen-bond acceptors (Lipinski definition) is 5. The van der Waals surface area contributed by atoms with Crippen LogP contribution in [-0.2, 0) is 12.8 Å². The van der Waals surface area contributed by atoms with Crippen molar-refractivity contribution in [3.05, 3.63) is 34.6 Å². The molecule has 18 heavy (non-hydrogen) atoms. The summed E-state index contributed by atoms with van der Waals surface area (Å²) in [5.74, 6) is -0.246. The van der Waals surface area contributed by atoms with Crippen LogP contribution in [0.1, 0.15) is 34.9 Å². The Balaban J connectivity index is 2.11. The molecule has 0 spiro atoms. The predicted molar refractivity (Wildman–Crippen MR) is 70.9 cm³/mol. The van der Waals surface area contributed by atoms with E-state index >= 15 is 0 Å². The Morgan fingerprint density at radius 2 is 2.17 bits per heavy atom. The van der Waals surface area contributed by atoms with Crippen molar-refractivity contribution in [3.63, 3.8) is 0 Å². The normalized spacial score (nSPS) is 10.3. The predicted octanol–water partition coefficient (Wildman–Crippen LogP) is 2.31. The lowest BCUT2D eigenvalue weighted by Crippen LogP contribution is -2.13. The zero-order chi connectivity index (χ0) is 13.0. The topological polar surface area (TPSA) is 67.8 Å². The van der Waals surface area contributed by atoms with Gasteiger partial charge in [-0.05, 0) is 30.5 Å². The maximum Gasteiger partial charge on any atom is 0.276 e. The molecule has 0 saturated carbocycles. The second kappa shape index (κ2) is 5.68. The summed E-state index contributed by atoms with van der Waals surface area (Å²) in [5, 5.41) is 12.0. The lowest BCUT2D eigenvalue weighted by molar-refractivity contribution is 0.102. The van der Waals surface area contributed by atoms with E-state index in [0.717, 1.165) is 23.4 Å². The fraction of sp³-hybridized carbons (Fsp3) is 0.333. The molecular weight excluding hydrogens is 248 g/mol. The molecule has 2 aromatic heterocycles. The van der Waals surface area contributed by atoms with Gasteiger partial charge in [0, 0.05) is 6.20 Å². The average Bonchev–Trinajstić information content (AvgIpc) is 2.86. The lowest BCUT2D eigenvalue weighted by atomic mass is 10.2. The molecule has 0 aromatic carbocycles. The molecule has 1 amide bonds. The molecule has 6 heteroatoms. The fourth-order valence-corrected chi connectivity index (χ4v) is 2.10. The highest BCUT2D eigenvalue weighted by Gasteiger charge is 2.11. The highest BCUT2D eigenvalue weighted by atomic mass is 32.1. The van der Waals surface area contributed by atoms with Crippen LogP contribution >= 0.6 is 11.3 Å². The van der Waals surface area contributed by atoms with Crippen LogP contribution in [0.5, 0.6) is 0 Å².